The third kappa shape index (κ3) is 2.11. The molecule has 0 atom stereocenters. The van der Waals surface area contributed by atoms with E-state index in [4.69, 9.17) is 0 Å². The second kappa shape index (κ2) is 4.70. The Bertz CT molecular complexity index is 622. The van der Waals surface area contributed by atoms with E-state index in [2.05, 4.69) is 5.32 Å². The van der Waals surface area contributed by atoms with Crippen LogP contribution in [0.2, 0.25) is 0 Å². The van der Waals surface area contributed by atoms with Gasteiger partial charge in [0.15, 0.2) is 0 Å². The van der Waals surface area contributed by atoms with Crippen LogP contribution in [0, 0.1) is 5.82 Å². The Labute approximate surface area is 119 Å². The minimum Gasteiger partial charge on any atom is -0.384 e. The van der Waals surface area contributed by atoms with Crippen molar-refractivity contribution >= 4 is 15.7 Å². The summed E-state index contributed by atoms with van der Waals surface area (Å²) < 4.78 is 38.7. The average molecular weight is 298 g/mol. The maximum atomic E-state index is 13.3. The van der Waals surface area contributed by atoms with Gasteiger partial charge in [0, 0.05) is 30.7 Å². The SMILES string of the molecule is CCS(=O)(=O)N1CCC2(CC1)CNc1cc(F)ccc12. The first-order valence-corrected chi connectivity index (χ1v) is 8.59. The predicted molar refractivity (Wildman–Crippen MR) is 76.8 cm³/mol. The van der Waals surface area contributed by atoms with Crippen LogP contribution in [0.5, 0.6) is 0 Å². The molecule has 0 aromatic heterocycles. The minimum atomic E-state index is -3.10. The molecule has 0 saturated carbocycles. The topological polar surface area (TPSA) is 49.4 Å². The van der Waals surface area contributed by atoms with Gasteiger partial charge in [0.05, 0.1) is 5.75 Å². The largest absolute Gasteiger partial charge is 0.384 e. The first-order valence-electron chi connectivity index (χ1n) is 6.99. The summed E-state index contributed by atoms with van der Waals surface area (Å²) in [4.78, 5) is 0. The van der Waals surface area contributed by atoms with Crippen LogP contribution in [0.3, 0.4) is 0 Å². The first kappa shape index (κ1) is 13.8. The Kier molecular flexibility index (Phi) is 3.25. The van der Waals surface area contributed by atoms with E-state index < -0.39 is 10.0 Å². The number of nitrogens with zero attached hydrogens (tertiary/aromatic N) is 1. The molecule has 1 aromatic carbocycles. The Balaban J connectivity index is 1.83. The number of hydrogen-bond acceptors (Lipinski definition) is 3. The number of piperidine rings is 1. The molecule has 6 heteroatoms. The number of fused-ring (bicyclic) bond motifs is 2. The van der Waals surface area contributed by atoms with E-state index >= 15 is 0 Å². The second-order valence-electron chi connectivity index (χ2n) is 5.62. The predicted octanol–water partition coefficient (Wildman–Crippen LogP) is 1.93. The molecular weight excluding hydrogens is 279 g/mol. The van der Waals surface area contributed by atoms with Gasteiger partial charge in [-0.2, -0.15) is 0 Å². The monoisotopic (exact) mass is 298 g/mol. The molecule has 1 spiro atoms. The third-order valence-corrected chi connectivity index (χ3v) is 6.49. The molecule has 1 N–H and O–H groups in total. The molecule has 1 aromatic rings. The third-order valence-electron chi connectivity index (χ3n) is 4.61. The Morgan fingerprint density at radius 3 is 2.70 bits per heavy atom. The van der Waals surface area contributed by atoms with Crippen LogP contribution >= 0.6 is 0 Å². The van der Waals surface area contributed by atoms with Crippen molar-refractivity contribution in [3.63, 3.8) is 0 Å². The van der Waals surface area contributed by atoms with Crippen molar-refractivity contribution in [1.82, 2.24) is 4.31 Å². The summed E-state index contributed by atoms with van der Waals surface area (Å²) >= 11 is 0. The number of benzene rings is 1. The molecule has 0 bridgehead atoms. The molecule has 2 heterocycles. The highest BCUT2D eigenvalue weighted by Gasteiger charge is 2.43. The quantitative estimate of drug-likeness (QED) is 0.907. The average Bonchev–Trinajstić information content (AvgIpc) is 2.77. The lowest BCUT2D eigenvalue weighted by atomic mass is 9.75. The molecule has 3 rings (SSSR count). The molecule has 0 amide bonds. The standard InChI is InChI=1S/C14H19FN2O2S/c1-2-20(18,19)17-7-5-14(6-8-17)10-16-13-9-11(15)3-4-12(13)14/h3-4,9,16H,2,5-8,10H2,1H3. The van der Waals surface area contributed by atoms with Crippen molar-refractivity contribution in [2.75, 3.05) is 30.7 Å². The second-order valence-corrected chi connectivity index (χ2v) is 7.88. The molecule has 0 radical (unpaired) electrons. The van der Waals surface area contributed by atoms with E-state index in [1.165, 1.54) is 12.1 Å². The fraction of sp³-hybridized carbons (Fsp3) is 0.571. The van der Waals surface area contributed by atoms with Gasteiger partial charge >= 0.3 is 0 Å². The Morgan fingerprint density at radius 2 is 2.05 bits per heavy atom. The van der Waals surface area contributed by atoms with E-state index in [-0.39, 0.29) is 17.0 Å². The molecule has 1 saturated heterocycles. The van der Waals surface area contributed by atoms with Gasteiger partial charge in [0.2, 0.25) is 10.0 Å². The molecule has 0 unspecified atom stereocenters. The summed E-state index contributed by atoms with van der Waals surface area (Å²) in [6.07, 6.45) is 1.58. The summed E-state index contributed by atoms with van der Waals surface area (Å²) in [5.74, 6) is -0.0839. The summed E-state index contributed by atoms with van der Waals surface area (Å²) in [6.45, 7) is 3.55. The zero-order chi connectivity index (χ0) is 14.4. The molecular formula is C14H19FN2O2S. The summed E-state index contributed by atoms with van der Waals surface area (Å²) in [6, 6.07) is 4.86. The van der Waals surface area contributed by atoms with Crippen LogP contribution in [0.4, 0.5) is 10.1 Å². The number of sulfonamides is 1. The molecule has 20 heavy (non-hydrogen) atoms. The lowest BCUT2D eigenvalue weighted by Gasteiger charge is -2.38. The maximum absolute atomic E-state index is 13.3. The van der Waals surface area contributed by atoms with Crippen LogP contribution < -0.4 is 5.32 Å². The van der Waals surface area contributed by atoms with Crippen molar-refractivity contribution in [3.05, 3.63) is 29.6 Å². The molecule has 1 fully saturated rings. The van der Waals surface area contributed by atoms with Crippen molar-refractivity contribution < 1.29 is 12.8 Å². The van der Waals surface area contributed by atoms with E-state index in [9.17, 15) is 12.8 Å². The first-order chi connectivity index (χ1) is 9.47. The van der Waals surface area contributed by atoms with Crippen molar-refractivity contribution in [1.29, 1.82) is 0 Å². The maximum Gasteiger partial charge on any atom is 0.213 e. The van der Waals surface area contributed by atoms with Gasteiger partial charge in [0.1, 0.15) is 5.82 Å². The number of nitrogens with one attached hydrogen (secondary N) is 1. The highest BCUT2D eigenvalue weighted by molar-refractivity contribution is 7.89. The molecule has 2 aliphatic rings. The number of hydrogen-bond donors (Lipinski definition) is 1. The van der Waals surface area contributed by atoms with Crippen molar-refractivity contribution in [2.45, 2.75) is 25.2 Å². The summed E-state index contributed by atoms with van der Waals surface area (Å²) in [5, 5.41) is 3.26. The van der Waals surface area contributed by atoms with Crippen LogP contribution in [-0.2, 0) is 15.4 Å². The number of rotatable bonds is 2. The number of anilines is 1. The van der Waals surface area contributed by atoms with Gasteiger partial charge in [-0.1, -0.05) is 6.07 Å². The van der Waals surface area contributed by atoms with E-state index in [1.807, 2.05) is 6.07 Å². The highest BCUT2D eigenvalue weighted by atomic mass is 32.2. The zero-order valence-electron chi connectivity index (χ0n) is 11.5. The summed E-state index contributed by atoms with van der Waals surface area (Å²) in [5.41, 5.74) is 1.95. The van der Waals surface area contributed by atoms with Gasteiger partial charge < -0.3 is 5.32 Å². The van der Waals surface area contributed by atoms with Crippen LogP contribution in [0.15, 0.2) is 18.2 Å². The van der Waals surface area contributed by atoms with Crippen molar-refractivity contribution in [3.8, 4) is 0 Å². The molecule has 0 aliphatic carbocycles. The normalized spacial score (nSPS) is 21.7. The molecule has 110 valence electrons. The van der Waals surface area contributed by atoms with Crippen LogP contribution in [0.25, 0.3) is 0 Å². The van der Waals surface area contributed by atoms with Crippen molar-refractivity contribution in [2.24, 2.45) is 0 Å². The smallest absolute Gasteiger partial charge is 0.213 e. The summed E-state index contributed by atoms with van der Waals surface area (Å²) in [7, 11) is -3.10. The van der Waals surface area contributed by atoms with Gasteiger partial charge in [0.25, 0.3) is 0 Å². The van der Waals surface area contributed by atoms with E-state index in [0.717, 1.165) is 30.6 Å². The van der Waals surface area contributed by atoms with Crippen LogP contribution in [0.1, 0.15) is 25.3 Å². The van der Waals surface area contributed by atoms with Gasteiger partial charge in [-0.05, 0) is 37.5 Å². The molecule has 4 nitrogen and oxygen atoms in total. The lowest BCUT2D eigenvalue weighted by Crippen LogP contribution is -2.46. The lowest BCUT2D eigenvalue weighted by molar-refractivity contribution is 0.249. The minimum absolute atomic E-state index is 0.0389. The Hall–Kier alpha value is -1.14. The highest BCUT2D eigenvalue weighted by Crippen LogP contribution is 2.44. The van der Waals surface area contributed by atoms with Gasteiger partial charge in [-0.15, -0.1) is 0 Å². The fourth-order valence-electron chi connectivity index (χ4n) is 3.31. The Morgan fingerprint density at radius 1 is 1.35 bits per heavy atom. The fourth-order valence-corrected chi connectivity index (χ4v) is 4.41. The van der Waals surface area contributed by atoms with E-state index in [1.54, 1.807) is 11.2 Å². The van der Waals surface area contributed by atoms with E-state index in [0.29, 0.717) is 13.1 Å². The van der Waals surface area contributed by atoms with Gasteiger partial charge in [-0.25, -0.2) is 17.1 Å². The van der Waals surface area contributed by atoms with Gasteiger partial charge in [-0.3, -0.25) is 0 Å². The van der Waals surface area contributed by atoms with Crippen LogP contribution in [-0.4, -0.2) is 38.1 Å². The number of halogens is 1. The molecule has 2 aliphatic heterocycles. The zero-order valence-corrected chi connectivity index (χ0v) is 12.3.